The quantitative estimate of drug-likeness (QED) is 0.452. The summed E-state index contributed by atoms with van der Waals surface area (Å²) in [6.45, 7) is 1.80. The number of sulfonamides is 1. The average Bonchev–Trinajstić information content (AvgIpc) is 3.16. The van der Waals surface area contributed by atoms with Gasteiger partial charge in [-0.25, -0.2) is 13.2 Å². The van der Waals surface area contributed by atoms with Crippen molar-refractivity contribution >= 4 is 49.6 Å². The van der Waals surface area contributed by atoms with Gasteiger partial charge in [-0.05, 0) is 48.2 Å². The second kappa shape index (κ2) is 7.77. The molecular weight excluding hydrogens is 424 g/mol. The summed E-state index contributed by atoms with van der Waals surface area (Å²) < 4.78 is 32.8. The average molecular weight is 441 g/mol. The predicted molar refractivity (Wildman–Crippen MR) is 117 cm³/mol. The Balaban J connectivity index is 1.59. The minimum absolute atomic E-state index is 0.0995. The van der Waals surface area contributed by atoms with Crippen LogP contribution in [0.5, 0.6) is 0 Å². The van der Waals surface area contributed by atoms with E-state index in [9.17, 15) is 18.0 Å². The summed E-state index contributed by atoms with van der Waals surface area (Å²) in [5, 5.41) is 5.11. The number of hydrogen-bond acceptors (Lipinski definition) is 6. The topological polar surface area (TPSA) is 105 Å². The van der Waals surface area contributed by atoms with E-state index >= 15 is 0 Å². The van der Waals surface area contributed by atoms with Crippen molar-refractivity contribution in [2.45, 2.75) is 11.8 Å². The van der Waals surface area contributed by atoms with E-state index in [4.69, 9.17) is 4.42 Å². The first-order chi connectivity index (χ1) is 14.3. The second-order valence-electron chi connectivity index (χ2n) is 6.50. The molecule has 0 spiro atoms. The van der Waals surface area contributed by atoms with E-state index in [2.05, 4.69) is 10.0 Å². The Labute approximate surface area is 176 Å². The van der Waals surface area contributed by atoms with Gasteiger partial charge < -0.3 is 9.73 Å². The maximum absolute atomic E-state index is 12.8. The summed E-state index contributed by atoms with van der Waals surface area (Å²) in [7, 11) is -3.82. The molecule has 0 saturated heterocycles. The first-order valence-electron chi connectivity index (χ1n) is 8.85. The molecular formula is C21H16N2O5S2. The van der Waals surface area contributed by atoms with Crippen LogP contribution in [0.15, 0.2) is 80.2 Å². The van der Waals surface area contributed by atoms with E-state index in [-0.39, 0.29) is 15.5 Å². The van der Waals surface area contributed by atoms with Crippen LogP contribution in [-0.2, 0) is 10.0 Å². The smallest absolute Gasteiger partial charge is 0.336 e. The Bertz CT molecular complexity index is 1410. The number of benzene rings is 2. The number of thiophene rings is 1. The van der Waals surface area contributed by atoms with Crippen molar-refractivity contribution in [2.24, 2.45) is 0 Å². The molecule has 2 N–H and O–H groups in total. The van der Waals surface area contributed by atoms with Crippen LogP contribution in [0.1, 0.15) is 15.2 Å². The van der Waals surface area contributed by atoms with E-state index in [0.29, 0.717) is 11.3 Å². The van der Waals surface area contributed by atoms with Crippen molar-refractivity contribution in [2.75, 3.05) is 10.0 Å². The highest BCUT2D eigenvalue weighted by Crippen LogP contribution is 2.27. The monoisotopic (exact) mass is 440 g/mol. The van der Waals surface area contributed by atoms with Crippen molar-refractivity contribution in [3.8, 4) is 0 Å². The summed E-state index contributed by atoms with van der Waals surface area (Å²) >= 11 is 1.11. The lowest BCUT2D eigenvalue weighted by Gasteiger charge is -2.10. The van der Waals surface area contributed by atoms with Gasteiger partial charge in [0.1, 0.15) is 10.5 Å². The molecule has 0 aliphatic rings. The van der Waals surface area contributed by atoms with E-state index < -0.39 is 21.6 Å². The summed E-state index contributed by atoms with van der Waals surface area (Å²) in [6, 6.07) is 15.8. The third kappa shape index (κ3) is 3.98. The number of anilines is 2. The molecule has 1 amide bonds. The number of aryl methyl sites for hydroxylation is 1. The number of carbonyl (C=O) groups is 1. The highest BCUT2D eigenvalue weighted by Gasteiger charge is 2.20. The molecule has 2 heterocycles. The fourth-order valence-electron chi connectivity index (χ4n) is 2.96. The molecule has 30 heavy (non-hydrogen) atoms. The molecule has 2 aromatic carbocycles. The van der Waals surface area contributed by atoms with Crippen LogP contribution in [0, 0.1) is 6.92 Å². The van der Waals surface area contributed by atoms with Crippen LogP contribution < -0.4 is 15.7 Å². The normalized spacial score (nSPS) is 11.4. The lowest BCUT2D eigenvalue weighted by molar-refractivity contribution is 0.103. The van der Waals surface area contributed by atoms with Gasteiger partial charge in [-0.2, -0.15) is 0 Å². The highest BCUT2D eigenvalue weighted by atomic mass is 32.2. The zero-order valence-electron chi connectivity index (χ0n) is 15.7. The van der Waals surface area contributed by atoms with Gasteiger partial charge in [-0.3, -0.25) is 9.52 Å². The van der Waals surface area contributed by atoms with Crippen LogP contribution in [0.25, 0.3) is 11.0 Å². The maximum Gasteiger partial charge on any atom is 0.336 e. The van der Waals surface area contributed by atoms with Crippen molar-refractivity contribution in [3.05, 3.63) is 86.9 Å². The van der Waals surface area contributed by atoms with Gasteiger partial charge in [0.25, 0.3) is 15.9 Å². The number of carbonyl (C=O) groups excluding carboxylic acids is 1. The lowest BCUT2D eigenvalue weighted by atomic mass is 10.1. The molecule has 0 atom stereocenters. The standard InChI is InChI=1S/C21H16N2O5S2/c1-13-11-19(24)28-18-12-14(7-8-16(13)18)22-21(25)20-17(9-10-29-20)23-30(26,27)15-5-3-2-4-6-15/h2-12,23H,1H3,(H,22,25). The fourth-order valence-corrected chi connectivity index (χ4v) is 4.86. The van der Waals surface area contributed by atoms with E-state index in [1.54, 1.807) is 48.7 Å². The Morgan fingerprint density at radius 1 is 1.03 bits per heavy atom. The van der Waals surface area contributed by atoms with Crippen LogP contribution in [0.3, 0.4) is 0 Å². The Kier molecular flexibility index (Phi) is 5.15. The summed E-state index contributed by atoms with van der Waals surface area (Å²) in [5.41, 5.74) is 1.26. The second-order valence-corrected chi connectivity index (χ2v) is 9.09. The van der Waals surface area contributed by atoms with Crippen molar-refractivity contribution in [1.29, 1.82) is 0 Å². The van der Waals surface area contributed by atoms with E-state index in [1.165, 1.54) is 24.3 Å². The lowest BCUT2D eigenvalue weighted by Crippen LogP contribution is -2.17. The molecule has 0 bridgehead atoms. The molecule has 7 nitrogen and oxygen atoms in total. The molecule has 152 valence electrons. The molecule has 4 rings (SSSR count). The number of rotatable bonds is 5. The third-order valence-electron chi connectivity index (χ3n) is 4.38. The van der Waals surface area contributed by atoms with Crippen LogP contribution in [0.2, 0.25) is 0 Å². The summed E-state index contributed by atoms with van der Waals surface area (Å²) in [4.78, 5) is 24.7. The zero-order chi connectivity index (χ0) is 21.3. The van der Waals surface area contributed by atoms with Crippen molar-refractivity contribution in [3.63, 3.8) is 0 Å². The largest absolute Gasteiger partial charge is 0.423 e. The molecule has 0 saturated carbocycles. The zero-order valence-corrected chi connectivity index (χ0v) is 17.3. The van der Waals surface area contributed by atoms with E-state index in [1.807, 2.05) is 0 Å². The number of nitrogens with one attached hydrogen (secondary N) is 2. The van der Waals surface area contributed by atoms with Crippen LogP contribution in [-0.4, -0.2) is 14.3 Å². The van der Waals surface area contributed by atoms with Gasteiger partial charge in [0, 0.05) is 23.2 Å². The van der Waals surface area contributed by atoms with E-state index in [0.717, 1.165) is 22.3 Å². The molecule has 0 aliphatic carbocycles. The Hall–Kier alpha value is -3.43. The molecule has 9 heteroatoms. The minimum Gasteiger partial charge on any atom is -0.423 e. The van der Waals surface area contributed by atoms with Gasteiger partial charge >= 0.3 is 5.63 Å². The maximum atomic E-state index is 12.8. The molecule has 4 aromatic rings. The van der Waals surface area contributed by atoms with Crippen molar-refractivity contribution < 1.29 is 17.6 Å². The number of amides is 1. The third-order valence-corrected chi connectivity index (χ3v) is 6.67. The SMILES string of the molecule is Cc1cc(=O)oc2cc(NC(=O)c3sccc3NS(=O)(=O)c3ccccc3)ccc12. The highest BCUT2D eigenvalue weighted by molar-refractivity contribution is 7.92. The summed E-state index contributed by atoms with van der Waals surface area (Å²) in [6.07, 6.45) is 0. The molecule has 2 aromatic heterocycles. The molecule has 0 fully saturated rings. The van der Waals surface area contributed by atoms with Gasteiger partial charge in [-0.15, -0.1) is 11.3 Å². The minimum atomic E-state index is -3.82. The van der Waals surface area contributed by atoms with Crippen LogP contribution >= 0.6 is 11.3 Å². The van der Waals surface area contributed by atoms with Gasteiger partial charge in [0.05, 0.1) is 10.6 Å². The molecule has 0 radical (unpaired) electrons. The predicted octanol–water partition coefficient (Wildman–Crippen LogP) is 4.22. The summed E-state index contributed by atoms with van der Waals surface area (Å²) in [5.74, 6) is -0.481. The first-order valence-corrected chi connectivity index (χ1v) is 11.2. The van der Waals surface area contributed by atoms with Gasteiger partial charge in [-0.1, -0.05) is 18.2 Å². The Morgan fingerprint density at radius 2 is 1.80 bits per heavy atom. The number of hydrogen-bond donors (Lipinski definition) is 2. The van der Waals surface area contributed by atoms with Gasteiger partial charge in [0.15, 0.2) is 0 Å². The molecule has 0 unspecified atom stereocenters. The van der Waals surface area contributed by atoms with Crippen LogP contribution in [0.4, 0.5) is 11.4 Å². The number of fused-ring (bicyclic) bond motifs is 1. The van der Waals surface area contributed by atoms with Gasteiger partial charge in [0.2, 0.25) is 0 Å². The Morgan fingerprint density at radius 3 is 2.57 bits per heavy atom. The first kappa shape index (κ1) is 19.9. The van der Waals surface area contributed by atoms with Crippen molar-refractivity contribution in [1.82, 2.24) is 0 Å². The fraction of sp³-hybridized carbons (Fsp3) is 0.0476. The molecule has 0 aliphatic heterocycles.